The SMILES string of the molecule is CCCCCCCCC(=O)N/N=C(/C)c1cccc(NC(=O)[C@H]2CC=CC[C@@H]2C(=O)O)c1. The highest BCUT2D eigenvalue weighted by molar-refractivity contribution is 6.01. The van der Waals surface area contributed by atoms with Crippen molar-refractivity contribution in [2.45, 2.75) is 71.6 Å². The van der Waals surface area contributed by atoms with Crippen LogP contribution >= 0.6 is 0 Å². The van der Waals surface area contributed by atoms with Crippen molar-refractivity contribution < 1.29 is 19.5 Å². The van der Waals surface area contributed by atoms with Crippen molar-refractivity contribution in [3.05, 3.63) is 42.0 Å². The summed E-state index contributed by atoms with van der Waals surface area (Å²) in [4.78, 5) is 36.1. The first-order chi connectivity index (χ1) is 15.4. The van der Waals surface area contributed by atoms with E-state index < -0.39 is 17.8 Å². The maximum Gasteiger partial charge on any atom is 0.307 e. The molecule has 1 aromatic carbocycles. The second kappa shape index (κ2) is 13.5. The summed E-state index contributed by atoms with van der Waals surface area (Å²) < 4.78 is 0. The first kappa shape index (κ1) is 25.3. The molecule has 0 radical (unpaired) electrons. The quantitative estimate of drug-likeness (QED) is 0.186. The minimum absolute atomic E-state index is 0.102. The van der Waals surface area contributed by atoms with E-state index in [9.17, 15) is 19.5 Å². The Morgan fingerprint density at radius 2 is 1.72 bits per heavy atom. The van der Waals surface area contributed by atoms with Gasteiger partial charge in [0.1, 0.15) is 0 Å². The Morgan fingerprint density at radius 1 is 1.03 bits per heavy atom. The Morgan fingerprint density at radius 3 is 2.44 bits per heavy atom. The molecule has 7 nitrogen and oxygen atoms in total. The lowest BCUT2D eigenvalue weighted by molar-refractivity contribution is -0.146. The third-order valence-electron chi connectivity index (χ3n) is 5.74. The third kappa shape index (κ3) is 8.29. The molecule has 0 saturated carbocycles. The fourth-order valence-corrected chi connectivity index (χ4v) is 3.77. The first-order valence-electron chi connectivity index (χ1n) is 11.5. The summed E-state index contributed by atoms with van der Waals surface area (Å²) in [6, 6.07) is 7.15. The average Bonchev–Trinajstić information content (AvgIpc) is 2.79. The van der Waals surface area contributed by atoms with Crippen LogP contribution in [0.15, 0.2) is 41.5 Å². The van der Waals surface area contributed by atoms with Gasteiger partial charge < -0.3 is 10.4 Å². The van der Waals surface area contributed by atoms with E-state index >= 15 is 0 Å². The molecule has 7 heteroatoms. The van der Waals surface area contributed by atoms with Gasteiger partial charge in [0.2, 0.25) is 11.8 Å². The number of carbonyl (C=O) groups excluding carboxylic acids is 2. The van der Waals surface area contributed by atoms with Gasteiger partial charge >= 0.3 is 5.97 Å². The summed E-state index contributed by atoms with van der Waals surface area (Å²) in [5.41, 5.74) is 4.56. The van der Waals surface area contributed by atoms with Gasteiger partial charge in [0, 0.05) is 12.1 Å². The lowest BCUT2D eigenvalue weighted by Gasteiger charge is -2.24. The van der Waals surface area contributed by atoms with Gasteiger partial charge in [-0.2, -0.15) is 5.10 Å². The van der Waals surface area contributed by atoms with Crippen LogP contribution in [0, 0.1) is 11.8 Å². The lowest BCUT2D eigenvalue weighted by atomic mass is 9.82. The van der Waals surface area contributed by atoms with Crippen molar-refractivity contribution in [3.8, 4) is 0 Å². The number of allylic oxidation sites excluding steroid dienone is 2. The van der Waals surface area contributed by atoms with Gasteiger partial charge in [-0.3, -0.25) is 14.4 Å². The number of carbonyl (C=O) groups is 3. The Labute approximate surface area is 190 Å². The van der Waals surface area contributed by atoms with Crippen LogP contribution in [0.5, 0.6) is 0 Å². The number of aliphatic carboxylic acids is 1. The van der Waals surface area contributed by atoms with Gasteiger partial charge in [-0.1, -0.05) is 63.3 Å². The molecule has 1 aliphatic rings. The molecule has 2 atom stereocenters. The highest BCUT2D eigenvalue weighted by Gasteiger charge is 2.33. The van der Waals surface area contributed by atoms with Crippen molar-refractivity contribution in [2.75, 3.05) is 5.32 Å². The van der Waals surface area contributed by atoms with Gasteiger partial charge in [0.25, 0.3) is 0 Å². The maximum atomic E-state index is 12.7. The molecule has 0 heterocycles. The molecule has 2 rings (SSSR count). The Balaban J connectivity index is 1.88. The van der Waals surface area contributed by atoms with Gasteiger partial charge in [0.15, 0.2) is 0 Å². The predicted octanol–water partition coefficient (Wildman–Crippen LogP) is 4.88. The van der Waals surface area contributed by atoms with Crippen molar-refractivity contribution in [3.63, 3.8) is 0 Å². The van der Waals surface area contributed by atoms with Gasteiger partial charge in [-0.05, 0) is 43.9 Å². The Kier molecular flexibility index (Phi) is 10.6. The van der Waals surface area contributed by atoms with E-state index in [0.29, 0.717) is 30.7 Å². The molecule has 0 bridgehead atoms. The molecule has 3 N–H and O–H groups in total. The number of benzene rings is 1. The largest absolute Gasteiger partial charge is 0.481 e. The van der Waals surface area contributed by atoms with Crippen LogP contribution in [0.2, 0.25) is 0 Å². The molecule has 1 aliphatic carbocycles. The lowest BCUT2D eigenvalue weighted by Crippen LogP contribution is -2.34. The van der Waals surface area contributed by atoms with Crippen LogP contribution < -0.4 is 10.7 Å². The van der Waals surface area contributed by atoms with Gasteiger partial charge in [-0.15, -0.1) is 0 Å². The summed E-state index contributed by atoms with van der Waals surface area (Å²) in [5, 5.41) is 16.4. The van der Waals surface area contributed by atoms with Crippen LogP contribution in [0.1, 0.15) is 77.2 Å². The van der Waals surface area contributed by atoms with Crippen molar-refractivity contribution in [2.24, 2.45) is 16.9 Å². The Hall–Kier alpha value is -2.96. The first-order valence-corrected chi connectivity index (χ1v) is 11.5. The summed E-state index contributed by atoms with van der Waals surface area (Å²) in [6.45, 7) is 3.97. The van der Waals surface area contributed by atoms with E-state index in [1.807, 2.05) is 18.2 Å². The van der Waals surface area contributed by atoms with Crippen molar-refractivity contribution in [1.29, 1.82) is 0 Å². The monoisotopic (exact) mass is 441 g/mol. The normalized spacial score (nSPS) is 18.2. The summed E-state index contributed by atoms with van der Waals surface area (Å²) in [7, 11) is 0. The number of carboxylic acid groups (broad SMARTS) is 1. The number of hydrogen-bond acceptors (Lipinski definition) is 4. The van der Waals surface area contributed by atoms with Crippen molar-refractivity contribution >= 4 is 29.2 Å². The molecule has 0 aliphatic heterocycles. The Bertz CT molecular complexity index is 847. The summed E-state index contributed by atoms with van der Waals surface area (Å²) in [6.07, 6.45) is 11.6. The standard InChI is InChI=1S/C25H35N3O4/c1-3-4-5-6-7-8-16-23(29)28-27-18(2)19-12-11-13-20(17-19)26-24(30)21-14-9-10-15-22(21)25(31)32/h9-13,17,21-22H,3-8,14-16H2,1-2H3,(H,26,30)(H,28,29)(H,31,32)/b27-18-/t21-,22-/m0/s1. The van der Waals surface area contributed by atoms with Crippen molar-refractivity contribution in [1.82, 2.24) is 5.43 Å². The third-order valence-corrected chi connectivity index (χ3v) is 5.74. The topological polar surface area (TPSA) is 108 Å². The molecule has 32 heavy (non-hydrogen) atoms. The van der Waals surface area contributed by atoms with Crippen LogP contribution in [0.4, 0.5) is 5.69 Å². The average molecular weight is 442 g/mol. The maximum absolute atomic E-state index is 12.7. The molecule has 174 valence electrons. The number of amides is 2. The predicted molar refractivity (Wildman–Crippen MR) is 126 cm³/mol. The highest BCUT2D eigenvalue weighted by atomic mass is 16.4. The number of anilines is 1. The van der Waals surface area contributed by atoms with E-state index in [1.54, 1.807) is 25.1 Å². The molecule has 1 aromatic rings. The van der Waals surface area contributed by atoms with Crippen LogP contribution in [-0.4, -0.2) is 28.6 Å². The van der Waals surface area contributed by atoms with Crippen LogP contribution in [-0.2, 0) is 14.4 Å². The van der Waals surface area contributed by atoms with Crippen LogP contribution in [0.3, 0.4) is 0 Å². The number of nitrogens with one attached hydrogen (secondary N) is 2. The smallest absolute Gasteiger partial charge is 0.307 e. The second-order valence-electron chi connectivity index (χ2n) is 8.31. The fraction of sp³-hybridized carbons (Fsp3) is 0.520. The molecule has 0 spiro atoms. The molecule has 2 amide bonds. The zero-order valence-electron chi connectivity index (χ0n) is 19.1. The zero-order chi connectivity index (χ0) is 23.3. The number of unbranched alkanes of at least 4 members (excludes halogenated alkanes) is 5. The van der Waals surface area contributed by atoms with Gasteiger partial charge in [0.05, 0.1) is 17.5 Å². The second-order valence-corrected chi connectivity index (χ2v) is 8.31. The molecular weight excluding hydrogens is 406 g/mol. The van der Waals surface area contributed by atoms with E-state index in [1.165, 1.54) is 19.3 Å². The zero-order valence-corrected chi connectivity index (χ0v) is 19.1. The van der Waals surface area contributed by atoms with E-state index in [2.05, 4.69) is 22.8 Å². The number of hydrogen-bond donors (Lipinski definition) is 3. The minimum atomic E-state index is -0.956. The molecule has 0 saturated heterocycles. The minimum Gasteiger partial charge on any atom is -0.481 e. The molecule has 0 unspecified atom stereocenters. The number of rotatable bonds is 12. The van der Waals surface area contributed by atoms with Gasteiger partial charge in [-0.25, -0.2) is 5.43 Å². The molecular formula is C25H35N3O4. The van der Waals surface area contributed by atoms with E-state index in [0.717, 1.165) is 24.8 Å². The van der Waals surface area contributed by atoms with Crippen LogP contribution in [0.25, 0.3) is 0 Å². The number of carboxylic acids is 1. The van der Waals surface area contributed by atoms with E-state index in [4.69, 9.17) is 0 Å². The summed E-state index contributed by atoms with van der Waals surface area (Å²) in [5.74, 6) is -2.68. The molecule has 0 aromatic heterocycles. The fourth-order valence-electron chi connectivity index (χ4n) is 3.77. The highest BCUT2D eigenvalue weighted by Crippen LogP contribution is 2.27. The van der Waals surface area contributed by atoms with E-state index in [-0.39, 0.29) is 11.8 Å². The number of nitrogens with zero attached hydrogens (tertiary/aromatic N) is 1. The summed E-state index contributed by atoms with van der Waals surface area (Å²) >= 11 is 0. The molecule has 0 fully saturated rings. The number of hydrazone groups is 1.